The fraction of sp³-hybridized carbons (Fsp3) is 0.176. The van der Waals surface area contributed by atoms with E-state index in [-0.39, 0.29) is 11.8 Å². The van der Waals surface area contributed by atoms with Crippen LogP contribution in [0.4, 0.5) is 5.82 Å². The average Bonchev–Trinajstić information content (AvgIpc) is 2.92. The second-order valence-electron chi connectivity index (χ2n) is 5.61. The lowest BCUT2D eigenvalue weighted by atomic mass is 10.0. The van der Waals surface area contributed by atoms with Gasteiger partial charge in [-0.1, -0.05) is 49.2 Å². The van der Waals surface area contributed by atoms with Crippen LogP contribution in [0.2, 0.25) is 10.0 Å². The van der Waals surface area contributed by atoms with E-state index in [2.05, 4.69) is 15.5 Å². The summed E-state index contributed by atoms with van der Waals surface area (Å²) in [6, 6.07) is 11.3. The molecule has 0 bridgehead atoms. The topological polar surface area (TPSA) is 57.8 Å². The van der Waals surface area contributed by atoms with Gasteiger partial charge in [0.25, 0.3) is 0 Å². The molecule has 2 N–H and O–H groups in total. The molecule has 3 aromatic rings. The quantitative estimate of drug-likeness (QED) is 0.689. The van der Waals surface area contributed by atoms with Gasteiger partial charge < -0.3 is 5.32 Å². The summed E-state index contributed by atoms with van der Waals surface area (Å²) in [5, 5.41) is 11.8. The van der Waals surface area contributed by atoms with Crippen molar-refractivity contribution >= 4 is 45.8 Å². The lowest BCUT2D eigenvalue weighted by Gasteiger charge is -2.06. The number of H-pyrrole nitrogens is 1. The first-order chi connectivity index (χ1) is 11.0. The Kier molecular flexibility index (Phi) is 4.28. The largest absolute Gasteiger partial charge is 0.308 e. The third-order valence-electron chi connectivity index (χ3n) is 3.58. The van der Waals surface area contributed by atoms with Crippen LogP contribution in [0.1, 0.15) is 13.8 Å². The van der Waals surface area contributed by atoms with Crippen LogP contribution >= 0.6 is 23.2 Å². The van der Waals surface area contributed by atoms with Crippen molar-refractivity contribution in [3.63, 3.8) is 0 Å². The third kappa shape index (κ3) is 3.19. The molecule has 0 aliphatic heterocycles. The van der Waals surface area contributed by atoms with Crippen molar-refractivity contribution in [2.45, 2.75) is 13.8 Å². The summed E-state index contributed by atoms with van der Waals surface area (Å²) in [4.78, 5) is 11.8. The molecular formula is C17H15Cl2N3O. The minimum atomic E-state index is -0.0998. The second kappa shape index (κ2) is 6.22. The number of amides is 1. The molecule has 23 heavy (non-hydrogen) atoms. The molecular weight excluding hydrogens is 333 g/mol. The van der Waals surface area contributed by atoms with Crippen LogP contribution in [0, 0.1) is 5.92 Å². The van der Waals surface area contributed by atoms with E-state index >= 15 is 0 Å². The van der Waals surface area contributed by atoms with Crippen LogP contribution in [0.3, 0.4) is 0 Å². The van der Waals surface area contributed by atoms with Crippen LogP contribution in [0.25, 0.3) is 22.0 Å². The minimum absolute atomic E-state index is 0.0630. The van der Waals surface area contributed by atoms with Gasteiger partial charge >= 0.3 is 0 Å². The zero-order valence-corrected chi connectivity index (χ0v) is 14.2. The smallest absolute Gasteiger partial charge is 0.228 e. The van der Waals surface area contributed by atoms with Crippen molar-refractivity contribution < 1.29 is 4.79 Å². The molecule has 0 aliphatic carbocycles. The number of nitrogens with one attached hydrogen (secondary N) is 2. The highest BCUT2D eigenvalue weighted by Gasteiger charge is 2.13. The number of halogens is 2. The monoisotopic (exact) mass is 347 g/mol. The Balaban J connectivity index is 1.97. The molecule has 4 nitrogen and oxygen atoms in total. The maximum Gasteiger partial charge on any atom is 0.228 e. The molecule has 0 spiro atoms. The van der Waals surface area contributed by atoms with Gasteiger partial charge in [0.05, 0.1) is 15.6 Å². The first-order valence-corrected chi connectivity index (χ1v) is 7.95. The fourth-order valence-corrected chi connectivity index (χ4v) is 2.53. The lowest BCUT2D eigenvalue weighted by molar-refractivity contribution is -0.118. The Hall–Kier alpha value is -2.04. The standard InChI is InChI=1S/C17H15Cl2N3O/c1-9(2)17(23)20-16-12-5-3-11(8-15(12)21-22-16)10-4-6-13(18)14(19)7-10/h3-9H,1-2H3,(H2,20,21,22,23). The maximum absolute atomic E-state index is 11.8. The number of anilines is 1. The average molecular weight is 348 g/mol. The lowest BCUT2D eigenvalue weighted by Crippen LogP contribution is -2.18. The Morgan fingerprint density at radius 1 is 1.09 bits per heavy atom. The van der Waals surface area contributed by atoms with Crippen LogP contribution in [-0.2, 0) is 4.79 Å². The highest BCUT2D eigenvalue weighted by atomic mass is 35.5. The summed E-state index contributed by atoms with van der Waals surface area (Å²) in [5.41, 5.74) is 2.79. The van der Waals surface area contributed by atoms with Gasteiger partial charge in [-0.2, -0.15) is 5.10 Å². The summed E-state index contributed by atoms with van der Waals surface area (Å²) in [6.45, 7) is 3.68. The van der Waals surface area contributed by atoms with Crippen molar-refractivity contribution in [2.24, 2.45) is 5.92 Å². The normalized spacial score (nSPS) is 11.2. The third-order valence-corrected chi connectivity index (χ3v) is 4.32. The first kappa shape index (κ1) is 15.8. The molecule has 1 heterocycles. The molecule has 0 atom stereocenters. The molecule has 0 unspecified atom stereocenters. The van der Waals surface area contributed by atoms with Crippen LogP contribution in [0.5, 0.6) is 0 Å². The van der Waals surface area contributed by atoms with E-state index in [9.17, 15) is 4.79 Å². The number of hydrogen-bond donors (Lipinski definition) is 2. The maximum atomic E-state index is 11.8. The van der Waals surface area contributed by atoms with Gasteiger partial charge in [-0.15, -0.1) is 0 Å². The van der Waals surface area contributed by atoms with Crippen LogP contribution < -0.4 is 5.32 Å². The molecule has 6 heteroatoms. The van der Waals surface area contributed by atoms with E-state index in [1.807, 2.05) is 44.2 Å². The fourth-order valence-electron chi connectivity index (χ4n) is 2.23. The Bertz CT molecular complexity index is 887. The van der Waals surface area contributed by atoms with Gasteiger partial charge in [-0.05, 0) is 35.4 Å². The number of carbonyl (C=O) groups excluding carboxylic acids is 1. The van der Waals surface area contributed by atoms with Crippen LogP contribution in [-0.4, -0.2) is 16.1 Å². The van der Waals surface area contributed by atoms with Crippen molar-refractivity contribution in [3.05, 3.63) is 46.4 Å². The molecule has 0 saturated heterocycles. The zero-order valence-electron chi connectivity index (χ0n) is 12.7. The minimum Gasteiger partial charge on any atom is -0.308 e. The van der Waals surface area contributed by atoms with E-state index in [4.69, 9.17) is 23.2 Å². The summed E-state index contributed by atoms with van der Waals surface area (Å²) >= 11 is 12.0. The van der Waals surface area contributed by atoms with E-state index in [0.717, 1.165) is 22.0 Å². The van der Waals surface area contributed by atoms with Crippen molar-refractivity contribution in [2.75, 3.05) is 5.32 Å². The molecule has 118 valence electrons. The van der Waals surface area contributed by atoms with Gasteiger partial charge in [0.15, 0.2) is 5.82 Å². The summed E-state index contributed by atoms with van der Waals surface area (Å²) in [6.07, 6.45) is 0. The highest BCUT2D eigenvalue weighted by molar-refractivity contribution is 6.42. The van der Waals surface area contributed by atoms with Gasteiger partial charge in [-0.25, -0.2) is 0 Å². The van der Waals surface area contributed by atoms with E-state index in [1.54, 1.807) is 6.07 Å². The van der Waals surface area contributed by atoms with Crippen molar-refractivity contribution in [3.8, 4) is 11.1 Å². The number of aromatic nitrogens is 2. The molecule has 2 aromatic carbocycles. The number of carbonyl (C=O) groups is 1. The second-order valence-corrected chi connectivity index (χ2v) is 6.42. The SMILES string of the molecule is CC(C)C(=O)Nc1n[nH]c2cc(-c3ccc(Cl)c(Cl)c3)ccc12. The number of fused-ring (bicyclic) bond motifs is 1. The van der Waals surface area contributed by atoms with Gasteiger partial charge in [0.1, 0.15) is 0 Å². The highest BCUT2D eigenvalue weighted by Crippen LogP contribution is 2.31. The molecule has 0 aliphatic rings. The van der Waals surface area contributed by atoms with E-state index in [1.165, 1.54) is 0 Å². The number of nitrogens with zero attached hydrogens (tertiary/aromatic N) is 1. The predicted octanol–water partition coefficient (Wildman–Crippen LogP) is 5.13. The molecule has 1 aromatic heterocycles. The zero-order chi connectivity index (χ0) is 16.6. The number of benzene rings is 2. The van der Waals surface area contributed by atoms with Crippen molar-refractivity contribution in [1.29, 1.82) is 0 Å². The van der Waals surface area contributed by atoms with Gasteiger partial charge in [0, 0.05) is 11.3 Å². The summed E-state index contributed by atoms with van der Waals surface area (Å²) < 4.78 is 0. The van der Waals surface area contributed by atoms with Gasteiger partial charge in [-0.3, -0.25) is 9.89 Å². The molecule has 1 amide bonds. The molecule has 0 saturated carbocycles. The predicted molar refractivity (Wildman–Crippen MR) is 95.0 cm³/mol. The Labute approximate surface area is 143 Å². The van der Waals surface area contributed by atoms with E-state index < -0.39 is 0 Å². The Morgan fingerprint density at radius 3 is 2.48 bits per heavy atom. The van der Waals surface area contributed by atoms with Gasteiger partial charge in [0.2, 0.25) is 5.91 Å². The first-order valence-electron chi connectivity index (χ1n) is 7.20. The number of hydrogen-bond acceptors (Lipinski definition) is 2. The van der Waals surface area contributed by atoms with Crippen molar-refractivity contribution in [1.82, 2.24) is 10.2 Å². The van der Waals surface area contributed by atoms with E-state index in [0.29, 0.717) is 15.9 Å². The molecule has 3 rings (SSSR count). The molecule has 0 fully saturated rings. The molecule has 0 radical (unpaired) electrons. The summed E-state index contributed by atoms with van der Waals surface area (Å²) in [5.74, 6) is 0.378. The number of rotatable bonds is 3. The Morgan fingerprint density at radius 2 is 1.78 bits per heavy atom. The number of aromatic amines is 1. The summed E-state index contributed by atoms with van der Waals surface area (Å²) in [7, 11) is 0. The van der Waals surface area contributed by atoms with Crippen LogP contribution in [0.15, 0.2) is 36.4 Å².